The third kappa shape index (κ3) is 3.49. The molecule has 4 nitrogen and oxygen atoms in total. The molecule has 14 heavy (non-hydrogen) atoms. The number of hydrogen-bond donors (Lipinski definition) is 2. The third-order valence-electron chi connectivity index (χ3n) is 2.13. The molecule has 0 bridgehead atoms. The Morgan fingerprint density at radius 2 is 2.07 bits per heavy atom. The number of anilines is 1. The van der Waals surface area contributed by atoms with Crippen molar-refractivity contribution in [3.8, 4) is 0 Å². The Labute approximate surface area is 88.4 Å². The molecule has 1 aromatic heterocycles. The highest BCUT2D eigenvalue weighted by Gasteiger charge is 1.99. The molecule has 5 heteroatoms. The largest absolute Gasteiger partial charge is 0.368 e. The van der Waals surface area contributed by atoms with Gasteiger partial charge in [0, 0.05) is 6.54 Å². The second-order valence-electron chi connectivity index (χ2n) is 3.38. The van der Waals surface area contributed by atoms with Crippen molar-refractivity contribution in [2.75, 3.05) is 5.73 Å². The fraction of sp³-hybridized carbons (Fsp3) is 0.778. The van der Waals surface area contributed by atoms with Crippen LogP contribution in [0.2, 0.25) is 0 Å². The van der Waals surface area contributed by atoms with Crippen LogP contribution in [0.5, 0.6) is 0 Å². The van der Waals surface area contributed by atoms with Gasteiger partial charge in [-0.15, -0.1) is 0 Å². The fourth-order valence-corrected chi connectivity index (χ4v) is 2.05. The van der Waals surface area contributed by atoms with Gasteiger partial charge in [0.2, 0.25) is 10.7 Å². The highest BCUT2D eigenvalue weighted by Crippen LogP contribution is 2.07. The summed E-state index contributed by atoms with van der Waals surface area (Å²) < 4.78 is 1.90. The van der Waals surface area contributed by atoms with Gasteiger partial charge in [-0.05, 0) is 18.0 Å². The van der Waals surface area contributed by atoms with Crippen molar-refractivity contribution in [3.63, 3.8) is 0 Å². The Bertz CT molecular complexity index is 315. The molecule has 0 fully saturated rings. The monoisotopic (exact) mass is 214 g/mol. The van der Waals surface area contributed by atoms with E-state index in [9.17, 15) is 0 Å². The summed E-state index contributed by atoms with van der Waals surface area (Å²) in [6.45, 7) is 3.12. The molecule has 3 N–H and O–H groups in total. The number of hydrogen-bond acceptors (Lipinski definition) is 4. The molecule has 0 amide bonds. The Hall–Kier alpha value is -0.840. The van der Waals surface area contributed by atoms with Crippen molar-refractivity contribution in [1.82, 2.24) is 8.94 Å². The first-order valence-corrected chi connectivity index (χ1v) is 5.89. The van der Waals surface area contributed by atoms with E-state index in [0.717, 1.165) is 13.0 Å². The zero-order valence-electron chi connectivity index (χ0n) is 8.62. The highest BCUT2D eigenvalue weighted by atomic mass is 32.1. The van der Waals surface area contributed by atoms with Crippen molar-refractivity contribution < 1.29 is 0 Å². The molecule has 1 aromatic rings. The van der Waals surface area contributed by atoms with Crippen LogP contribution in [0.3, 0.4) is 0 Å². The lowest BCUT2D eigenvalue weighted by molar-refractivity contribution is 0.588. The lowest BCUT2D eigenvalue weighted by Gasteiger charge is -2.02. The van der Waals surface area contributed by atoms with Crippen LogP contribution < -0.4 is 10.5 Å². The van der Waals surface area contributed by atoms with Gasteiger partial charge in [-0.1, -0.05) is 32.6 Å². The van der Waals surface area contributed by atoms with E-state index in [-0.39, 0.29) is 0 Å². The van der Waals surface area contributed by atoms with Gasteiger partial charge in [-0.2, -0.15) is 4.98 Å². The molecule has 0 aliphatic rings. The van der Waals surface area contributed by atoms with Crippen LogP contribution in [-0.2, 0) is 6.54 Å². The Kier molecular flexibility index (Phi) is 4.65. The summed E-state index contributed by atoms with van der Waals surface area (Å²) in [5.74, 6) is 0.482. The van der Waals surface area contributed by atoms with Gasteiger partial charge in [0.1, 0.15) is 0 Å². The van der Waals surface area contributed by atoms with E-state index >= 15 is 0 Å². The summed E-state index contributed by atoms with van der Waals surface area (Å²) in [6, 6.07) is 0. The standard InChI is InChI=1S/C9H18N4S/c1-2-3-4-5-6-7-13-8(10)12-9(11)14-13/h2-7H2,1H3,(H3,10,11,12). The lowest BCUT2D eigenvalue weighted by Crippen LogP contribution is -2.01. The van der Waals surface area contributed by atoms with Crippen LogP contribution in [0.25, 0.3) is 0 Å². The number of nitrogen functional groups attached to an aromatic ring is 1. The molecule has 1 rings (SSSR count). The quantitative estimate of drug-likeness (QED) is 0.711. The average molecular weight is 214 g/mol. The van der Waals surface area contributed by atoms with E-state index in [1.807, 2.05) is 3.96 Å². The first-order chi connectivity index (χ1) is 6.74. The molecule has 0 radical (unpaired) electrons. The minimum atomic E-state index is 0.302. The van der Waals surface area contributed by atoms with Crippen molar-refractivity contribution >= 4 is 17.5 Å². The lowest BCUT2D eigenvalue weighted by atomic mass is 10.2. The third-order valence-corrected chi connectivity index (χ3v) is 2.99. The summed E-state index contributed by atoms with van der Waals surface area (Å²) in [5.41, 5.74) is 5.62. The first kappa shape index (κ1) is 11.2. The molecular weight excluding hydrogens is 196 g/mol. The Morgan fingerprint density at radius 1 is 1.36 bits per heavy atom. The number of nitrogens with two attached hydrogens (primary N) is 1. The molecule has 0 aliphatic heterocycles. The van der Waals surface area contributed by atoms with Crippen molar-refractivity contribution in [2.24, 2.45) is 0 Å². The maximum absolute atomic E-state index is 7.31. The van der Waals surface area contributed by atoms with Gasteiger partial charge in [-0.25, -0.2) is 0 Å². The minimum absolute atomic E-state index is 0.302. The normalized spacial score (nSPS) is 10.6. The maximum atomic E-state index is 7.31. The van der Waals surface area contributed by atoms with Gasteiger partial charge in [0.15, 0.2) is 0 Å². The first-order valence-electron chi connectivity index (χ1n) is 5.12. The molecule has 80 valence electrons. The highest BCUT2D eigenvalue weighted by molar-refractivity contribution is 7.03. The molecule has 0 unspecified atom stereocenters. The second-order valence-corrected chi connectivity index (χ2v) is 4.39. The molecule has 1 heterocycles. The van der Waals surface area contributed by atoms with Gasteiger partial charge in [0.05, 0.1) is 0 Å². The zero-order valence-corrected chi connectivity index (χ0v) is 9.44. The van der Waals surface area contributed by atoms with E-state index in [4.69, 9.17) is 11.1 Å². The summed E-state index contributed by atoms with van der Waals surface area (Å²) >= 11 is 1.33. The second kappa shape index (κ2) is 5.80. The topological polar surface area (TPSA) is 67.7 Å². The molecule has 0 aromatic carbocycles. The molecule has 0 aliphatic carbocycles. The molecule has 0 atom stereocenters. The van der Waals surface area contributed by atoms with Crippen LogP contribution in [-0.4, -0.2) is 8.94 Å². The molecule has 0 saturated carbocycles. The maximum Gasteiger partial charge on any atom is 0.221 e. The van der Waals surface area contributed by atoms with Crippen LogP contribution in [0, 0.1) is 5.41 Å². The SMILES string of the molecule is CCCCCCCn1sc(=N)nc1N. The molecule has 0 spiro atoms. The van der Waals surface area contributed by atoms with Crippen molar-refractivity contribution in [2.45, 2.75) is 45.6 Å². The number of rotatable bonds is 6. The number of nitrogens with one attached hydrogen (secondary N) is 1. The smallest absolute Gasteiger partial charge is 0.221 e. The zero-order chi connectivity index (χ0) is 10.4. The predicted molar refractivity (Wildman–Crippen MR) is 59.1 cm³/mol. The molecular formula is C9H18N4S. The van der Waals surface area contributed by atoms with Crippen LogP contribution in [0.15, 0.2) is 0 Å². The predicted octanol–water partition coefficient (Wildman–Crippen LogP) is 1.98. The van der Waals surface area contributed by atoms with Gasteiger partial charge < -0.3 is 5.73 Å². The number of unbranched alkanes of at least 4 members (excludes halogenated alkanes) is 4. The summed E-state index contributed by atoms with van der Waals surface area (Å²) in [7, 11) is 0. The van der Waals surface area contributed by atoms with Crippen LogP contribution >= 0.6 is 11.5 Å². The summed E-state index contributed by atoms with van der Waals surface area (Å²) in [5, 5.41) is 7.31. The van der Waals surface area contributed by atoms with Gasteiger partial charge in [-0.3, -0.25) is 9.37 Å². The van der Waals surface area contributed by atoms with Crippen molar-refractivity contribution in [1.29, 1.82) is 5.41 Å². The fourth-order valence-electron chi connectivity index (χ4n) is 1.35. The summed E-state index contributed by atoms with van der Waals surface area (Å²) in [6.07, 6.45) is 6.25. The number of aryl methyl sites for hydroxylation is 1. The van der Waals surface area contributed by atoms with Crippen molar-refractivity contribution in [3.05, 3.63) is 4.80 Å². The van der Waals surface area contributed by atoms with E-state index < -0.39 is 0 Å². The summed E-state index contributed by atoms with van der Waals surface area (Å²) in [4.78, 5) is 4.15. The van der Waals surface area contributed by atoms with Gasteiger partial charge in [0.25, 0.3) is 0 Å². The Balaban J connectivity index is 2.24. The van der Waals surface area contributed by atoms with Crippen LogP contribution in [0.4, 0.5) is 5.95 Å². The molecule has 0 saturated heterocycles. The van der Waals surface area contributed by atoms with Gasteiger partial charge >= 0.3 is 0 Å². The average Bonchev–Trinajstić information content (AvgIpc) is 2.45. The minimum Gasteiger partial charge on any atom is -0.368 e. The van der Waals surface area contributed by atoms with E-state index in [0.29, 0.717) is 10.7 Å². The van der Waals surface area contributed by atoms with E-state index in [1.54, 1.807) is 0 Å². The van der Waals surface area contributed by atoms with E-state index in [2.05, 4.69) is 11.9 Å². The number of nitrogens with zero attached hydrogens (tertiary/aromatic N) is 2. The van der Waals surface area contributed by atoms with E-state index in [1.165, 1.54) is 37.2 Å². The van der Waals surface area contributed by atoms with Crippen LogP contribution in [0.1, 0.15) is 39.0 Å². The Morgan fingerprint density at radius 3 is 2.64 bits per heavy atom. The number of aromatic nitrogens is 2.